The van der Waals surface area contributed by atoms with Gasteiger partial charge in [-0.05, 0) is 31.7 Å². The molecule has 5 heteroatoms. The molecule has 1 unspecified atom stereocenters. The van der Waals surface area contributed by atoms with Crippen molar-refractivity contribution in [3.05, 3.63) is 34.5 Å². The topological polar surface area (TPSA) is 42.7 Å². The van der Waals surface area contributed by atoms with Crippen molar-refractivity contribution in [1.82, 2.24) is 20.1 Å². The van der Waals surface area contributed by atoms with Crippen LogP contribution >= 0.6 is 11.3 Å². The van der Waals surface area contributed by atoms with Crippen LogP contribution in [-0.2, 0) is 6.54 Å². The van der Waals surface area contributed by atoms with Crippen molar-refractivity contribution in [1.29, 1.82) is 0 Å². The standard InChI is InChI=1S/C13H20N4S/c1-4-11(12-6-5-7-18-12)14-8-13-15-9-16-17(13)10(2)3/h5-7,9-11,14H,4,8H2,1-3H3. The molecule has 4 nitrogen and oxygen atoms in total. The van der Waals surface area contributed by atoms with Crippen LogP contribution in [0.2, 0.25) is 0 Å². The zero-order valence-corrected chi connectivity index (χ0v) is 11.9. The second kappa shape index (κ2) is 6.11. The summed E-state index contributed by atoms with van der Waals surface area (Å²) in [7, 11) is 0. The molecule has 0 aliphatic carbocycles. The molecule has 0 saturated heterocycles. The molecule has 2 heterocycles. The van der Waals surface area contributed by atoms with Crippen molar-refractivity contribution in [3.8, 4) is 0 Å². The first kappa shape index (κ1) is 13.2. The minimum atomic E-state index is 0.353. The minimum absolute atomic E-state index is 0.353. The van der Waals surface area contributed by atoms with Crippen LogP contribution in [0, 0.1) is 0 Å². The third-order valence-corrected chi connectivity index (χ3v) is 3.92. The van der Waals surface area contributed by atoms with Gasteiger partial charge in [0, 0.05) is 17.0 Å². The molecule has 0 fully saturated rings. The highest BCUT2D eigenvalue weighted by molar-refractivity contribution is 7.10. The maximum Gasteiger partial charge on any atom is 0.141 e. The SMILES string of the molecule is CCC(NCc1ncnn1C(C)C)c1cccs1. The highest BCUT2D eigenvalue weighted by atomic mass is 32.1. The Morgan fingerprint density at radius 3 is 2.89 bits per heavy atom. The van der Waals surface area contributed by atoms with Gasteiger partial charge in [-0.2, -0.15) is 5.10 Å². The Morgan fingerprint density at radius 1 is 1.44 bits per heavy atom. The van der Waals surface area contributed by atoms with E-state index in [-0.39, 0.29) is 0 Å². The monoisotopic (exact) mass is 264 g/mol. The van der Waals surface area contributed by atoms with E-state index in [2.05, 4.69) is 53.7 Å². The third kappa shape index (κ3) is 2.97. The molecule has 18 heavy (non-hydrogen) atoms. The molecule has 98 valence electrons. The molecule has 0 spiro atoms. The molecule has 1 atom stereocenters. The number of hydrogen-bond donors (Lipinski definition) is 1. The number of nitrogens with zero attached hydrogens (tertiary/aromatic N) is 3. The Kier molecular flexibility index (Phi) is 4.49. The van der Waals surface area contributed by atoms with Gasteiger partial charge in [0.1, 0.15) is 12.2 Å². The van der Waals surface area contributed by atoms with E-state index in [0.717, 1.165) is 18.8 Å². The van der Waals surface area contributed by atoms with Crippen molar-refractivity contribution in [2.45, 2.75) is 45.8 Å². The smallest absolute Gasteiger partial charge is 0.141 e. The summed E-state index contributed by atoms with van der Waals surface area (Å²) in [5.41, 5.74) is 0. The Morgan fingerprint density at radius 2 is 2.28 bits per heavy atom. The third-order valence-electron chi connectivity index (χ3n) is 2.94. The maximum atomic E-state index is 4.32. The normalized spacial score (nSPS) is 13.1. The van der Waals surface area contributed by atoms with Crippen molar-refractivity contribution >= 4 is 11.3 Å². The van der Waals surface area contributed by atoms with Crippen LogP contribution in [-0.4, -0.2) is 14.8 Å². The lowest BCUT2D eigenvalue weighted by Gasteiger charge is -2.16. The Hall–Kier alpha value is -1.20. The van der Waals surface area contributed by atoms with Crippen LogP contribution in [0.3, 0.4) is 0 Å². The fourth-order valence-electron chi connectivity index (χ4n) is 1.98. The second-order valence-electron chi connectivity index (χ2n) is 4.57. The average Bonchev–Trinajstić information content (AvgIpc) is 2.99. The highest BCUT2D eigenvalue weighted by Crippen LogP contribution is 2.22. The molecule has 0 aromatic carbocycles. The summed E-state index contributed by atoms with van der Waals surface area (Å²) in [4.78, 5) is 5.70. The summed E-state index contributed by atoms with van der Waals surface area (Å²) in [6.45, 7) is 7.20. The Balaban J connectivity index is 2.00. The summed E-state index contributed by atoms with van der Waals surface area (Å²) in [5.74, 6) is 1.00. The molecule has 1 N–H and O–H groups in total. The van der Waals surface area contributed by atoms with Gasteiger partial charge in [0.05, 0.1) is 6.54 Å². The zero-order chi connectivity index (χ0) is 13.0. The molecule has 0 amide bonds. The van der Waals surface area contributed by atoms with Crippen LogP contribution < -0.4 is 5.32 Å². The van der Waals surface area contributed by atoms with E-state index in [1.165, 1.54) is 4.88 Å². The fraction of sp³-hybridized carbons (Fsp3) is 0.538. The number of thiophene rings is 1. The van der Waals surface area contributed by atoms with E-state index in [1.54, 1.807) is 17.7 Å². The van der Waals surface area contributed by atoms with Crippen molar-refractivity contribution in [3.63, 3.8) is 0 Å². The van der Waals surface area contributed by atoms with Gasteiger partial charge in [-0.1, -0.05) is 13.0 Å². The summed E-state index contributed by atoms with van der Waals surface area (Å²) in [6.07, 6.45) is 2.71. The van der Waals surface area contributed by atoms with Crippen LogP contribution in [0.15, 0.2) is 23.8 Å². The molecule has 2 aromatic rings. The summed E-state index contributed by atoms with van der Waals surface area (Å²) < 4.78 is 1.97. The zero-order valence-electron chi connectivity index (χ0n) is 11.1. The van der Waals surface area contributed by atoms with Crippen LogP contribution in [0.5, 0.6) is 0 Å². The number of rotatable bonds is 6. The molecular formula is C13H20N4S. The summed E-state index contributed by atoms with van der Waals surface area (Å²) in [5, 5.41) is 9.93. The molecule has 0 aliphatic rings. The van der Waals surface area contributed by atoms with Gasteiger partial charge in [0.15, 0.2) is 0 Å². The highest BCUT2D eigenvalue weighted by Gasteiger charge is 2.12. The van der Waals surface area contributed by atoms with E-state index in [9.17, 15) is 0 Å². The predicted molar refractivity (Wildman–Crippen MR) is 74.6 cm³/mol. The van der Waals surface area contributed by atoms with Crippen molar-refractivity contribution in [2.24, 2.45) is 0 Å². The first-order valence-corrected chi connectivity index (χ1v) is 7.25. The van der Waals surface area contributed by atoms with E-state index in [1.807, 2.05) is 4.68 Å². The van der Waals surface area contributed by atoms with Crippen LogP contribution in [0.25, 0.3) is 0 Å². The van der Waals surface area contributed by atoms with Gasteiger partial charge in [0.2, 0.25) is 0 Å². The Labute approximate surface area is 112 Å². The van der Waals surface area contributed by atoms with Gasteiger partial charge >= 0.3 is 0 Å². The quantitative estimate of drug-likeness (QED) is 0.871. The molecule has 2 aromatic heterocycles. The first-order valence-electron chi connectivity index (χ1n) is 6.37. The number of aromatic nitrogens is 3. The van der Waals surface area contributed by atoms with E-state index in [4.69, 9.17) is 0 Å². The maximum absolute atomic E-state index is 4.32. The van der Waals surface area contributed by atoms with Gasteiger partial charge in [-0.25, -0.2) is 9.67 Å². The minimum Gasteiger partial charge on any atom is -0.302 e. The van der Waals surface area contributed by atoms with E-state index in [0.29, 0.717) is 12.1 Å². The van der Waals surface area contributed by atoms with Gasteiger partial charge in [-0.15, -0.1) is 11.3 Å². The first-order chi connectivity index (χ1) is 8.72. The fourth-order valence-corrected chi connectivity index (χ4v) is 2.87. The van der Waals surface area contributed by atoms with Crippen LogP contribution in [0.4, 0.5) is 0 Å². The number of hydrogen-bond acceptors (Lipinski definition) is 4. The van der Waals surface area contributed by atoms with Gasteiger partial charge < -0.3 is 5.32 Å². The van der Waals surface area contributed by atoms with Crippen molar-refractivity contribution in [2.75, 3.05) is 0 Å². The average molecular weight is 264 g/mol. The van der Waals surface area contributed by atoms with E-state index >= 15 is 0 Å². The lowest BCUT2D eigenvalue weighted by Crippen LogP contribution is -2.22. The van der Waals surface area contributed by atoms with Crippen molar-refractivity contribution < 1.29 is 0 Å². The van der Waals surface area contributed by atoms with Gasteiger partial charge in [0.25, 0.3) is 0 Å². The molecule has 0 bridgehead atoms. The van der Waals surface area contributed by atoms with Gasteiger partial charge in [-0.3, -0.25) is 0 Å². The van der Waals surface area contributed by atoms with E-state index < -0.39 is 0 Å². The van der Waals surface area contributed by atoms with Crippen LogP contribution in [0.1, 0.15) is 50.0 Å². The molecule has 0 aliphatic heterocycles. The number of nitrogens with one attached hydrogen (secondary N) is 1. The molecule has 0 radical (unpaired) electrons. The molecule has 0 saturated carbocycles. The Bertz CT molecular complexity index is 461. The second-order valence-corrected chi connectivity index (χ2v) is 5.55. The predicted octanol–water partition coefficient (Wildman–Crippen LogP) is 3.16. The molecule has 2 rings (SSSR count). The largest absolute Gasteiger partial charge is 0.302 e. The summed E-state index contributed by atoms with van der Waals surface area (Å²) in [6, 6.07) is 5.04. The lowest BCUT2D eigenvalue weighted by molar-refractivity contribution is 0.461. The molecular weight excluding hydrogens is 244 g/mol. The summed E-state index contributed by atoms with van der Waals surface area (Å²) >= 11 is 1.80. The lowest BCUT2D eigenvalue weighted by atomic mass is 10.2.